The molecule has 3 aromatic rings. The Morgan fingerprint density at radius 1 is 1.14 bits per heavy atom. The number of ether oxygens (including phenoxy) is 2. The minimum absolute atomic E-state index is 0.0524. The highest BCUT2D eigenvalue weighted by Crippen LogP contribution is 2.40. The molecule has 3 rings (SSSR count). The molecular weight excluding hydrogens is 473 g/mol. The Bertz CT molecular complexity index is 1240. The van der Waals surface area contributed by atoms with E-state index in [9.17, 15) is 18.0 Å². The molecule has 0 aliphatic carbocycles. The van der Waals surface area contributed by atoms with Crippen molar-refractivity contribution in [1.82, 2.24) is 0 Å². The summed E-state index contributed by atoms with van der Waals surface area (Å²) < 4.78 is 58.7. The molecule has 1 heterocycles. The van der Waals surface area contributed by atoms with Crippen LogP contribution in [0.2, 0.25) is 0 Å². The number of carbonyl (C=O) groups excluding carboxylic acids is 1. The van der Waals surface area contributed by atoms with E-state index in [4.69, 9.17) is 19.0 Å². The van der Waals surface area contributed by atoms with E-state index in [0.717, 1.165) is 6.07 Å². The summed E-state index contributed by atoms with van der Waals surface area (Å²) in [5.41, 5.74) is -0.423. The molecule has 194 valence electrons. The maximum absolute atomic E-state index is 13.8. The van der Waals surface area contributed by atoms with Crippen LogP contribution in [0, 0.1) is 0 Å². The number of aryl methyl sites for hydroxylation is 1. The van der Waals surface area contributed by atoms with E-state index in [1.807, 2.05) is 6.92 Å². The van der Waals surface area contributed by atoms with Crippen LogP contribution in [0.25, 0.3) is 22.3 Å². The van der Waals surface area contributed by atoms with Crippen LogP contribution >= 0.6 is 0 Å². The Balaban J connectivity index is 1.82. The average Bonchev–Trinajstić information content (AvgIpc) is 3.19. The first-order valence-electron chi connectivity index (χ1n) is 11.7. The summed E-state index contributed by atoms with van der Waals surface area (Å²) in [7, 11) is 0. The summed E-state index contributed by atoms with van der Waals surface area (Å²) in [6, 6.07) is 10.8. The van der Waals surface area contributed by atoms with Crippen molar-refractivity contribution in [1.29, 1.82) is 0 Å². The van der Waals surface area contributed by atoms with Crippen LogP contribution in [0.3, 0.4) is 0 Å². The molecule has 0 radical (unpaired) electrons. The quantitative estimate of drug-likeness (QED) is 0.236. The molecule has 1 aromatic heterocycles. The monoisotopic (exact) mass is 504 g/mol. The Hall–Kier alpha value is -3.26. The van der Waals surface area contributed by atoms with E-state index in [-0.39, 0.29) is 24.0 Å². The second-order valence-corrected chi connectivity index (χ2v) is 9.58. The zero-order valence-corrected chi connectivity index (χ0v) is 20.9. The van der Waals surface area contributed by atoms with E-state index in [1.54, 1.807) is 51.1 Å². The fourth-order valence-corrected chi connectivity index (χ4v) is 4.04. The van der Waals surface area contributed by atoms with Gasteiger partial charge in [-0.1, -0.05) is 18.7 Å². The number of aliphatic hydroxyl groups is 1. The predicted molar refractivity (Wildman–Crippen MR) is 132 cm³/mol. The van der Waals surface area contributed by atoms with Crippen molar-refractivity contribution in [3.8, 4) is 17.1 Å². The van der Waals surface area contributed by atoms with Gasteiger partial charge in [0.1, 0.15) is 22.7 Å². The fourth-order valence-electron chi connectivity index (χ4n) is 4.04. The molecule has 8 heteroatoms. The molecule has 0 fully saturated rings. The van der Waals surface area contributed by atoms with Gasteiger partial charge >= 0.3 is 12.1 Å². The van der Waals surface area contributed by atoms with Gasteiger partial charge in [0, 0.05) is 35.6 Å². The van der Waals surface area contributed by atoms with Crippen LogP contribution in [0.1, 0.15) is 51.7 Å². The predicted octanol–water partition coefficient (Wildman–Crippen LogP) is 7.10. The third kappa shape index (κ3) is 6.91. The Labute approximate surface area is 208 Å². The summed E-state index contributed by atoms with van der Waals surface area (Å²) >= 11 is 0. The molecule has 0 aliphatic heterocycles. The number of alkyl halides is 3. The first-order valence-corrected chi connectivity index (χ1v) is 11.7. The number of esters is 1. The lowest BCUT2D eigenvalue weighted by Crippen LogP contribution is -2.33. The molecule has 0 saturated carbocycles. The molecule has 0 spiro atoms. The van der Waals surface area contributed by atoms with Crippen LogP contribution < -0.4 is 4.74 Å². The van der Waals surface area contributed by atoms with Crippen LogP contribution in [-0.4, -0.2) is 29.4 Å². The van der Waals surface area contributed by atoms with Gasteiger partial charge in [-0.3, -0.25) is 0 Å². The van der Waals surface area contributed by atoms with Gasteiger partial charge < -0.3 is 19.0 Å². The number of halogens is 3. The number of rotatable bonds is 10. The number of hydrogen-bond donors (Lipinski definition) is 1. The van der Waals surface area contributed by atoms with Crippen LogP contribution in [0.15, 0.2) is 59.0 Å². The molecular formula is C28H31F3O5. The zero-order valence-electron chi connectivity index (χ0n) is 20.9. The Kier molecular flexibility index (Phi) is 8.19. The smallest absolute Gasteiger partial charge is 0.417 e. The van der Waals surface area contributed by atoms with Crippen molar-refractivity contribution in [2.45, 2.75) is 64.8 Å². The van der Waals surface area contributed by atoms with Gasteiger partial charge in [-0.15, -0.1) is 0 Å². The van der Waals surface area contributed by atoms with Gasteiger partial charge in [-0.05, 0) is 70.4 Å². The topological polar surface area (TPSA) is 68.9 Å². The fraction of sp³-hybridized carbons (Fsp3) is 0.393. The number of furan rings is 1. The molecule has 2 aromatic carbocycles. The van der Waals surface area contributed by atoms with Gasteiger partial charge in [-0.2, -0.15) is 13.2 Å². The lowest BCUT2D eigenvalue weighted by Gasteiger charge is -2.28. The van der Waals surface area contributed by atoms with E-state index < -0.39 is 23.3 Å². The molecule has 1 N–H and O–H groups in total. The number of fused-ring (bicyclic) bond motifs is 1. The molecule has 0 saturated heterocycles. The van der Waals surface area contributed by atoms with E-state index in [2.05, 4.69) is 6.58 Å². The maximum Gasteiger partial charge on any atom is 0.417 e. The summed E-state index contributed by atoms with van der Waals surface area (Å²) in [6.07, 6.45) is -3.75. The third-order valence-electron chi connectivity index (χ3n) is 5.60. The molecule has 0 bridgehead atoms. The SMILES string of the molecule is C=C(C)C(=O)OC(C)(C)CC(C)Oc1ccc2cc(-c3ccc(CCCO)cc3C(F)(F)F)oc2c1. The van der Waals surface area contributed by atoms with Crippen molar-refractivity contribution < 1.29 is 37.0 Å². The maximum atomic E-state index is 13.8. The largest absolute Gasteiger partial charge is 0.490 e. The van der Waals surface area contributed by atoms with Crippen molar-refractivity contribution in [2.75, 3.05) is 6.61 Å². The highest BCUT2D eigenvalue weighted by atomic mass is 19.4. The molecule has 0 amide bonds. The van der Waals surface area contributed by atoms with Crippen LogP contribution in [0.5, 0.6) is 5.75 Å². The average molecular weight is 505 g/mol. The molecule has 36 heavy (non-hydrogen) atoms. The van der Waals surface area contributed by atoms with E-state index in [1.165, 1.54) is 6.07 Å². The molecule has 0 aliphatic rings. The second kappa shape index (κ2) is 10.8. The van der Waals surface area contributed by atoms with Gasteiger partial charge in [-0.25, -0.2) is 4.79 Å². The third-order valence-corrected chi connectivity index (χ3v) is 5.60. The van der Waals surface area contributed by atoms with Crippen LogP contribution in [-0.2, 0) is 22.1 Å². The first kappa shape index (κ1) is 27.3. The standard InChI is InChI=1S/C28H31F3O5/c1-17(2)26(33)36-27(4,5)16-18(3)34-21-10-9-20-14-25(35-24(20)15-21)22-11-8-19(7-6-12-32)13-23(22)28(29,30)31/h8-11,13-15,18,32H,1,6-7,12,16H2,2-5H3. The molecule has 1 atom stereocenters. The van der Waals surface area contributed by atoms with E-state index in [0.29, 0.717) is 47.1 Å². The minimum Gasteiger partial charge on any atom is -0.490 e. The lowest BCUT2D eigenvalue weighted by molar-refractivity contribution is -0.153. The summed E-state index contributed by atoms with van der Waals surface area (Å²) in [6.45, 7) is 10.5. The molecule has 5 nitrogen and oxygen atoms in total. The number of benzene rings is 2. The van der Waals surface area contributed by atoms with Gasteiger partial charge in [0.25, 0.3) is 0 Å². The highest BCUT2D eigenvalue weighted by Gasteiger charge is 2.35. The molecule has 1 unspecified atom stereocenters. The van der Waals surface area contributed by atoms with Crippen molar-refractivity contribution >= 4 is 16.9 Å². The van der Waals surface area contributed by atoms with E-state index >= 15 is 0 Å². The summed E-state index contributed by atoms with van der Waals surface area (Å²) in [4.78, 5) is 11.9. The Morgan fingerprint density at radius 3 is 2.50 bits per heavy atom. The normalized spacial score (nSPS) is 13.0. The number of carbonyl (C=O) groups is 1. The number of aliphatic hydroxyl groups excluding tert-OH is 1. The minimum atomic E-state index is -4.56. The Morgan fingerprint density at radius 2 is 1.86 bits per heavy atom. The van der Waals surface area contributed by atoms with Gasteiger partial charge in [0.15, 0.2) is 0 Å². The second-order valence-electron chi connectivity index (χ2n) is 9.58. The highest BCUT2D eigenvalue weighted by molar-refractivity contribution is 5.87. The lowest BCUT2D eigenvalue weighted by atomic mass is 9.99. The van der Waals surface area contributed by atoms with Crippen LogP contribution in [0.4, 0.5) is 13.2 Å². The van der Waals surface area contributed by atoms with Crippen molar-refractivity contribution in [3.63, 3.8) is 0 Å². The van der Waals surface area contributed by atoms with Crippen molar-refractivity contribution in [2.24, 2.45) is 0 Å². The summed E-state index contributed by atoms with van der Waals surface area (Å²) in [5.74, 6) is 0.105. The number of hydrogen-bond acceptors (Lipinski definition) is 5. The zero-order chi connectivity index (χ0) is 26.7. The summed E-state index contributed by atoms with van der Waals surface area (Å²) in [5, 5.41) is 9.62. The first-order chi connectivity index (χ1) is 16.8. The van der Waals surface area contributed by atoms with Crippen molar-refractivity contribution in [3.05, 3.63) is 65.7 Å². The van der Waals surface area contributed by atoms with Gasteiger partial charge in [0.2, 0.25) is 0 Å². The van der Waals surface area contributed by atoms with Gasteiger partial charge in [0.05, 0.1) is 11.7 Å².